The average molecular weight is 475 g/mol. The van der Waals surface area contributed by atoms with Crippen LogP contribution in [0.25, 0.3) is 0 Å². The molecule has 184 valence electrons. The van der Waals surface area contributed by atoms with E-state index in [0.29, 0.717) is 5.56 Å². The third-order valence-electron chi connectivity index (χ3n) is 4.79. The fraction of sp³-hybridized carbons (Fsp3) is 0.458. The van der Waals surface area contributed by atoms with Crippen LogP contribution in [0, 0.1) is 0 Å². The van der Waals surface area contributed by atoms with Gasteiger partial charge in [-0.25, -0.2) is 9.59 Å². The molecule has 1 aliphatic rings. The Balaban J connectivity index is 2.77. The summed E-state index contributed by atoms with van der Waals surface area (Å²) in [6, 6.07) is 3.34. The quantitative estimate of drug-likeness (QED) is 0.377. The first-order valence-corrected chi connectivity index (χ1v) is 11.2. The second-order valence-electron chi connectivity index (χ2n) is 7.03. The Hall–Kier alpha value is -3.69. The van der Waals surface area contributed by atoms with Crippen LogP contribution in [-0.4, -0.2) is 55.3 Å². The van der Waals surface area contributed by atoms with E-state index in [0.717, 1.165) is 0 Å². The van der Waals surface area contributed by atoms with Crippen LogP contribution >= 0.6 is 0 Å². The van der Waals surface area contributed by atoms with E-state index in [1.54, 1.807) is 46.0 Å². The van der Waals surface area contributed by atoms with Gasteiger partial charge >= 0.3 is 23.9 Å². The molecule has 1 N–H and O–H groups in total. The van der Waals surface area contributed by atoms with Gasteiger partial charge < -0.3 is 24.3 Å². The summed E-state index contributed by atoms with van der Waals surface area (Å²) in [7, 11) is 0. The number of hydrogen-bond donors (Lipinski definition) is 1. The van der Waals surface area contributed by atoms with Crippen molar-refractivity contribution in [2.75, 3.05) is 26.4 Å². The molecule has 10 heteroatoms. The molecule has 0 aliphatic carbocycles. The zero-order valence-corrected chi connectivity index (χ0v) is 19.8. The normalized spacial score (nSPS) is 13.8. The van der Waals surface area contributed by atoms with Crippen LogP contribution in [-0.2, 0) is 38.1 Å². The number of aromatic nitrogens is 1. The highest BCUT2D eigenvalue weighted by molar-refractivity contribution is 6.01. The summed E-state index contributed by atoms with van der Waals surface area (Å²) in [5.74, 6) is -3.62. The van der Waals surface area contributed by atoms with Crippen molar-refractivity contribution in [1.29, 1.82) is 0 Å². The first-order valence-electron chi connectivity index (χ1n) is 11.2. The molecule has 0 bridgehead atoms. The number of esters is 4. The third kappa shape index (κ3) is 6.66. The molecule has 0 spiro atoms. The van der Waals surface area contributed by atoms with Gasteiger partial charge in [-0.2, -0.15) is 0 Å². The van der Waals surface area contributed by atoms with E-state index in [4.69, 9.17) is 18.9 Å². The summed E-state index contributed by atoms with van der Waals surface area (Å²) in [6.45, 7) is 7.05. The standard InChI is InChI=1S/C24H30N2O8/c1-5-31-18(27)12-16-21(23(29)33-7-3)20(15-10-9-11-25-14-15)22(24(30)34-8-4)17(26-16)13-19(28)32-6-2/h9-11,14,20,26H,5-8,12-13H2,1-4H3. The Morgan fingerprint density at radius 3 is 1.65 bits per heavy atom. The number of ether oxygens (including phenoxy) is 4. The average Bonchev–Trinajstić information content (AvgIpc) is 2.79. The molecule has 1 aliphatic heterocycles. The second-order valence-corrected chi connectivity index (χ2v) is 7.03. The Morgan fingerprint density at radius 2 is 1.26 bits per heavy atom. The van der Waals surface area contributed by atoms with Crippen LogP contribution < -0.4 is 5.32 Å². The van der Waals surface area contributed by atoms with E-state index in [1.807, 2.05) is 0 Å². The minimum absolute atomic E-state index is 0.0403. The summed E-state index contributed by atoms with van der Waals surface area (Å²) in [4.78, 5) is 55.1. The first-order chi connectivity index (χ1) is 16.4. The molecular formula is C24H30N2O8. The molecule has 0 atom stereocenters. The summed E-state index contributed by atoms with van der Waals surface area (Å²) < 4.78 is 20.7. The van der Waals surface area contributed by atoms with Crippen LogP contribution in [0.15, 0.2) is 47.1 Å². The van der Waals surface area contributed by atoms with Crippen molar-refractivity contribution in [3.05, 3.63) is 52.6 Å². The molecule has 10 nitrogen and oxygen atoms in total. The molecule has 1 aromatic heterocycles. The van der Waals surface area contributed by atoms with Crippen LogP contribution in [0.1, 0.15) is 52.0 Å². The zero-order valence-electron chi connectivity index (χ0n) is 19.8. The summed E-state index contributed by atoms with van der Waals surface area (Å²) in [5, 5.41) is 2.95. The lowest BCUT2D eigenvalue weighted by molar-refractivity contribution is -0.143. The maximum Gasteiger partial charge on any atom is 0.336 e. The van der Waals surface area contributed by atoms with Gasteiger partial charge in [-0.1, -0.05) is 6.07 Å². The molecule has 1 aromatic rings. The second kappa shape index (κ2) is 13.1. The Morgan fingerprint density at radius 1 is 0.794 bits per heavy atom. The van der Waals surface area contributed by atoms with Crippen molar-refractivity contribution in [1.82, 2.24) is 10.3 Å². The van der Waals surface area contributed by atoms with E-state index in [9.17, 15) is 19.2 Å². The number of nitrogens with zero attached hydrogens (tertiary/aromatic N) is 1. The number of nitrogens with one attached hydrogen (secondary N) is 1. The summed E-state index contributed by atoms with van der Waals surface area (Å²) in [6.07, 6.45) is 2.44. The molecule has 0 unspecified atom stereocenters. The number of pyridine rings is 1. The minimum atomic E-state index is -0.998. The number of dihydropyridines is 1. The lowest BCUT2D eigenvalue weighted by atomic mass is 9.79. The number of rotatable bonds is 11. The largest absolute Gasteiger partial charge is 0.466 e. The maximum absolute atomic E-state index is 13.1. The monoisotopic (exact) mass is 474 g/mol. The van der Waals surface area contributed by atoms with Gasteiger partial charge in [0.2, 0.25) is 0 Å². The Bertz CT molecular complexity index is 910. The summed E-state index contributed by atoms with van der Waals surface area (Å²) in [5.41, 5.74) is 0.895. The van der Waals surface area contributed by atoms with Crippen molar-refractivity contribution in [2.45, 2.75) is 46.5 Å². The van der Waals surface area contributed by atoms with Crippen molar-refractivity contribution >= 4 is 23.9 Å². The highest BCUT2D eigenvalue weighted by Crippen LogP contribution is 2.40. The predicted octanol–water partition coefficient (Wildman–Crippen LogP) is 2.31. The number of carbonyl (C=O) groups excluding carboxylic acids is 4. The van der Waals surface area contributed by atoms with Gasteiger partial charge in [0.1, 0.15) is 0 Å². The van der Waals surface area contributed by atoms with Crippen molar-refractivity contribution in [2.24, 2.45) is 0 Å². The molecule has 2 rings (SSSR count). The van der Waals surface area contributed by atoms with E-state index < -0.39 is 29.8 Å². The number of carbonyl (C=O) groups is 4. The molecular weight excluding hydrogens is 444 g/mol. The third-order valence-corrected chi connectivity index (χ3v) is 4.79. The van der Waals surface area contributed by atoms with Gasteiger partial charge in [0, 0.05) is 23.8 Å². The maximum atomic E-state index is 13.1. The fourth-order valence-electron chi connectivity index (χ4n) is 3.58. The van der Waals surface area contributed by atoms with Gasteiger partial charge in [0.15, 0.2) is 0 Å². The molecule has 0 saturated carbocycles. The molecule has 0 amide bonds. The SMILES string of the molecule is CCOC(=O)CC1=C(C(=O)OCC)C(c2cccnc2)C(C(=O)OCC)=C(CC(=O)OCC)N1. The smallest absolute Gasteiger partial charge is 0.336 e. The van der Waals surface area contributed by atoms with Crippen LogP contribution in [0.2, 0.25) is 0 Å². The lowest BCUT2D eigenvalue weighted by Crippen LogP contribution is -2.36. The topological polar surface area (TPSA) is 130 Å². The van der Waals surface area contributed by atoms with Crippen molar-refractivity contribution in [3.63, 3.8) is 0 Å². The summed E-state index contributed by atoms with van der Waals surface area (Å²) >= 11 is 0. The number of hydrogen-bond acceptors (Lipinski definition) is 10. The molecule has 0 radical (unpaired) electrons. The van der Waals surface area contributed by atoms with Crippen LogP contribution in [0.3, 0.4) is 0 Å². The fourth-order valence-corrected chi connectivity index (χ4v) is 3.58. The van der Waals surface area contributed by atoms with E-state index in [2.05, 4.69) is 10.3 Å². The van der Waals surface area contributed by atoms with Crippen LogP contribution in [0.5, 0.6) is 0 Å². The van der Waals surface area contributed by atoms with E-state index >= 15 is 0 Å². The van der Waals surface area contributed by atoms with Crippen molar-refractivity contribution < 1.29 is 38.1 Å². The highest BCUT2D eigenvalue weighted by atomic mass is 16.5. The molecule has 0 aromatic carbocycles. The molecule has 2 heterocycles. The highest BCUT2D eigenvalue weighted by Gasteiger charge is 2.41. The first kappa shape index (κ1) is 26.6. The van der Waals surface area contributed by atoms with Gasteiger partial charge in [-0.15, -0.1) is 0 Å². The predicted molar refractivity (Wildman–Crippen MR) is 120 cm³/mol. The Kier molecular flexibility index (Phi) is 10.3. The molecule has 0 fully saturated rings. The van der Waals surface area contributed by atoms with E-state index in [1.165, 1.54) is 6.20 Å². The Labute approximate surface area is 198 Å². The van der Waals surface area contributed by atoms with Crippen LogP contribution in [0.4, 0.5) is 0 Å². The van der Waals surface area contributed by atoms with Crippen molar-refractivity contribution in [3.8, 4) is 0 Å². The van der Waals surface area contributed by atoms with Gasteiger partial charge in [-0.3, -0.25) is 14.6 Å². The molecule has 0 saturated heterocycles. The van der Waals surface area contributed by atoms with Gasteiger partial charge in [-0.05, 0) is 39.3 Å². The van der Waals surface area contributed by atoms with Gasteiger partial charge in [0.25, 0.3) is 0 Å². The zero-order chi connectivity index (χ0) is 25.1. The lowest BCUT2D eigenvalue weighted by Gasteiger charge is -2.32. The minimum Gasteiger partial charge on any atom is -0.466 e. The van der Waals surface area contributed by atoms with Gasteiger partial charge in [0.05, 0.1) is 56.3 Å². The molecule has 34 heavy (non-hydrogen) atoms. The van der Waals surface area contributed by atoms with E-state index in [-0.39, 0.29) is 61.8 Å².